The lowest BCUT2D eigenvalue weighted by Crippen LogP contribution is -2.45. The Kier molecular flexibility index (Phi) is 9.66. The highest BCUT2D eigenvalue weighted by atomic mass is 35.5. The molecule has 0 saturated heterocycles. The third-order valence-corrected chi connectivity index (χ3v) is 5.70. The maximum atomic E-state index is 14.3. The quantitative estimate of drug-likeness (QED) is 0.332. The largest absolute Gasteiger partial charge is 0.460 e. The summed E-state index contributed by atoms with van der Waals surface area (Å²) in [6, 6.07) is 19.4. The lowest BCUT2D eigenvalue weighted by molar-refractivity contribution is -0.146. The molecule has 0 aliphatic rings. The van der Waals surface area contributed by atoms with E-state index in [-0.39, 0.29) is 18.8 Å². The highest BCUT2D eigenvalue weighted by Crippen LogP contribution is 2.26. The molecule has 3 N–H and O–H groups in total. The van der Waals surface area contributed by atoms with Crippen molar-refractivity contribution in [2.75, 3.05) is 0 Å². The molecule has 0 bridgehead atoms. The summed E-state index contributed by atoms with van der Waals surface area (Å²) in [6.45, 7) is 5.41. The van der Waals surface area contributed by atoms with Crippen molar-refractivity contribution in [3.8, 4) is 11.1 Å². The molecule has 0 aromatic heterocycles. The lowest BCUT2D eigenvalue weighted by Gasteiger charge is -2.25. The van der Waals surface area contributed by atoms with Crippen LogP contribution in [0.1, 0.15) is 38.3 Å². The standard InChI is InChI=1S/C29H32ClFN2O4/c1-29(2,3)37-28(35)33-23(17-26(32)27(34)36-18-20-7-5-4-6-8-20)15-19-9-11-21(12-10-19)24-16-22(30)13-14-25(24)31/h4-14,16,23,26H,15,17-18,32H2,1-3H3,(H,33,35). The fourth-order valence-electron chi connectivity index (χ4n) is 3.73. The topological polar surface area (TPSA) is 90.6 Å². The Bertz CT molecular complexity index is 1200. The molecule has 0 spiro atoms. The molecule has 37 heavy (non-hydrogen) atoms. The maximum absolute atomic E-state index is 14.3. The van der Waals surface area contributed by atoms with Crippen molar-refractivity contribution >= 4 is 23.7 Å². The summed E-state index contributed by atoms with van der Waals surface area (Å²) < 4.78 is 25.0. The number of rotatable bonds is 9. The van der Waals surface area contributed by atoms with Crippen LogP contribution in [-0.2, 0) is 27.3 Å². The Morgan fingerprint density at radius 1 is 1.00 bits per heavy atom. The average Bonchev–Trinajstić information content (AvgIpc) is 2.84. The second kappa shape index (κ2) is 12.7. The molecule has 8 heteroatoms. The van der Waals surface area contributed by atoms with Gasteiger partial charge in [0.05, 0.1) is 0 Å². The highest BCUT2D eigenvalue weighted by Gasteiger charge is 2.25. The lowest BCUT2D eigenvalue weighted by atomic mass is 9.97. The number of nitrogens with one attached hydrogen (secondary N) is 1. The first kappa shape index (κ1) is 28.2. The van der Waals surface area contributed by atoms with Crippen LogP contribution in [0.15, 0.2) is 72.8 Å². The van der Waals surface area contributed by atoms with Crippen molar-refractivity contribution < 1.29 is 23.5 Å². The fraction of sp³-hybridized carbons (Fsp3) is 0.310. The summed E-state index contributed by atoms with van der Waals surface area (Å²) in [4.78, 5) is 25.0. The number of hydrogen-bond acceptors (Lipinski definition) is 5. The molecule has 0 heterocycles. The number of carbonyl (C=O) groups excluding carboxylic acids is 2. The fourth-order valence-corrected chi connectivity index (χ4v) is 3.90. The number of nitrogens with two attached hydrogens (primary N) is 1. The molecule has 0 aliphatic carbocycles. The van der Waals surface area contributed by atoms with Crippen molar-refractivity contribution in [3.05, 3.63) is 94.8 Å². The van der Waals surface area contributed by atoms with Gasteiger partial charge in [0.1, 0.15) is 24.1 Å². The molecule has 3 aromatic carbocycles. The van der Waals surface area contributed by atoms with E-state index in [9.17, 15) is 14.0 Å². The van der Waals surface area contributed by atoms with E-state index in [0.29, 0.717) is 22.6 Å². The summed E-state index contributed by atoms with van der Waals surface area (Å²) in [6.07, 6.45) is -0.102. The van der Waals surface area contributed by atoms with Crippen molar-refractivity contribution in [1.29, 1.82) is 0 Å². The predicted molar refractivity (Wildman–Crippen MR) is 143 cm³/mol. The first-order valence-corrected chi connectivity index (χ1v) is 12.4. The van der Waals surface area contributed by atoms with Crippen molar-refractivity contribution in [3.63, 3.8) is 0 Å². The van der Waals surface area contributed by atoms with Crippen LogP contribution in [0.5, 0.6) is 0 Å². The predicted octanol–water partition coefficient (Wildman–Crippen LogP) is 6.04. The molecule has 0 aliphatic heterocycles. The van der Waals surface area contributed by atoms with Crippen LogP contribution in [0.4, 0.5) is 9.18 Å². The van der Waals surface area contributed by atoms with E-state index >= 15 is 0 Å². The summed E-state index contributed by atoms with van der Waals surface area (Å²) in [5, 5.41) is 3.26. The molecule has 2 unspecified atom stereocenters. The van der Waals surface area contributed by atoms with Gasteiger partial charge in [0.25, 0.3) is 0 Å². The Labute approximate surface area is 221 Å². The van der Waals surface area contributed by atoms with Gasteiger partial charge in [-0.15, -0.1) is 0 Å². The van der Waals surface area contributed by atoms with Gasteiger partial charge < -0.3 is 20.5 Å². The number of alkyl carbamates (subject to hydrolysis) is 1. The van der Waals surface area contributed by atoms with Gasteiger partial charge in [0.2, 0.25) is 0 Å². The normalized spacial score (nSPS) is 12.9. The zero-order valence-corrected chi connectivity index (χ0v) is 21.9. The molecule has 196 valence electrons. The van der Waals surface area contributed by atoms with Gasteiger partial charge in [-0.2, -0.15) is 0 Å². The van der Waals surface area contributed by atoms with Crippen LogP contribution in [0.25, 0.3) is 11.1 Å². The van der Waals surface area contributed by atoms with Gasteiger partial charge in [-0.1, -0.05) is 66.2 Å². The van der Waals surface area contributed by atoms with Crippen LogP contribution in [0.2, 0.25) is 5.02 Å². The van der Waals surface area contributed by atoms with E-state index in [0.717, 1.165) is 11.1 Å². The first-order valence-electron chi connectivity index (χ1n) is 12.0. The van der Waals surface area contributed by atoms with E-state index in [1.165, 1.54) is 12.1 Å². The zero-order valence-electron chi connectivity index (χ0n) is 21.2. The van der Waals surface area contributed by atoms with E-state index < -0.39 is 29.7 Å². The summed E-state index contributed by atoms with van der Waals surface area (Å²) >= 11 is 6.02. The van der Waals surface area contributed by atoms with Gasteiger partial charge >= 0.3 is 12.1 Å². The number of hydrogen-bond donors (Lipinski definition) is 2. The van der Waals surface area contributed by atoms with Crippen molar-refractivity contribution in [1.82, 2.24) is 5.32 Å². The monoisotopic (exact) mass is 526 g/mol. The minimum Gasteiger partial charge on any atom is -0.460 e. The summed E-state index contributed by atoms with van der Waals surface area (Å²) in [7, 11) is 0. The van der Waals surface area contributed by atoms with Gasteiger partial charge in [0.15, 0.2) is 0 Å². The van der Waals surface area contributed by atoms with Crippen LogP contribution >= 0.6 is 11.6 Å². The first-order chi connectivity index (χ1) is 17.5. The van der Waals surface area contributed by atoms with E-state index in [4.69, 9.17) is 26.8 Å². The average molecular weight is 527 g/mol. The van der Waals surface area contributed by atoms with Crippen molar-refractivity contribution in [2.45, 2.75) is 57.9 Å². The van der Waals surface area contributed by atoms with Gasteiger partial charge in [0, 0.05) is 16.6 Å². The Balaban J connectivity index is 1.69. The third kappa shape index (κ3) is 9.19. The number of benzene rings is 3. The van der Waals surface area contributed by atoms with Crippen LogP contribution in [0, 0.1) is 5.82 Å². The molecule has 0 radical (unpaired) electrons. The summed E-state index contributed by atoms with van der Waals surface area (Å²) in [5.41, 5.74) is 8.23. The smallest absolute Gasteiger partial charge is 0.407 e. The van der Waals surface area contributed by atoms with E-state index in [2.05, 4.69) is 5.32 Å². The third-order valence-electron chi connectivity index (χ3n) is 5.46. The second-order valence-electron chi connectivity index (χ2n) is 9.80. The number of halogens is 2. The van der Waals surface area contributed by atoms with Crippen LogP contribution < -0.4 is 11.1 Å². The Morgan fingerprint density at radius 2 is 1.68 bits per heavy atom. The minimum atomic E-state index is -0.955. The second-order valence-corrected chi connectivity index (χ2v) is 10.2. The molecule has 1 amide bonds. The molecule has 0 fully saturated rings. The minimum absolute atomic E-state index is 0.110. The van der Waals surface area contributed by atoms with Crippen molar-refractivity contribution in [2.24, 2.45) is 5.73 Å². The van der Waals surface area contributed by atoms with Gasteiger partial charge in [-0.25, -0.2) is 9.18 Å². The van der Waals surface area contributed by atoms with Crippen LogP contribution in [-0.4, -0.2) is 29.7 Å². The van der Waals surface area contributed by atoms with E-state index in [1.807, 2.05) is 42.5 Å². The maximum Gasteiger partial charge on any atom is 0.407 e. The number of ether oxygens (including phenoxy) is 2. The zero-order chi connectivity index (χ0) is 27.0. The molecule has 2 atom stereocenters. The molecule has 3 rings (SSSR count). The molecule has 0 saturated carbocycles. The van der Waals surface area contributed by atoms with Gasteiger partial charge in [-0.3, -0.25) is 4.79 Å². The molecule has 6 nitrogen and oxygen atoms in total. The highest BCUT2D eigenvalue weighted by molar-refractivity contribution is 6.30. The molecular weight excluding hydrogens is 495 g/mol. The molecule has 3 aromatic rings. The summed E-state index contributed by atoms with van der Waals surface area (Å²) in [5.74, 6) is -0.937. The van der Waals surface area contributed by atoms with Crippen LogP contribution in [0.3, 0.4) is 0 Å². The Morgan fingerprint density at radius 3 is 2.32 bits per heavy atom. The number of carbonyl (C=O) groups is 2. The SMILES string of the molecule is CC(C)(C)OC(=O)NC(Cc1ccc(-c2cc(Cl)ccc2F)cc1)CC(N)C(=O)OCc1ccccc1. The Hall–Kier alpha value is -3.42. The van der Waals surface area contributed by atoms with Gasteiger partial charge in [-0.05, 0) is 68.5 Å². The van der Waals surface area contributed by atoms with E-state index in [1.54, 1.807) is 39.0 Å². The number of amides is 1. The molecular formula is C29H32ClFN2O4. The number of esters is 1.